The Kier molecular flexibility index (Phi) is 6.21. The highest BCUT2D eigenvalue weighted by Crippen LogP contribution is 2.29. The molecule has 0 aliphatic carbocycles. The van der Waals surface area contributed by atoms with Gasteiger partial charge in [0, 0.05) is 16.4 Å². The molecule has 6 heteroatoms. The van der Waals surface area contributed by atoms with E-state index in [1.165, 1.54) is 0 Å². The smallest absolute Gasteiger partial charge is 0.428 e. The molecule has 1 N–H and O–H groups in total. The molecular weight excluding hydrogens is 370 g/mol. The zero-order valence-corrected chi connectivity index (χ0v) is 17.0. The van der Waals surface area contributed by atoms with Crippen LogP contribution in [0.25, 0.3) is 10.6 Å². The minimum atomic E-state index is -0.589. The number of nitrogens with one attached hydrogen (secondary N) is 1. The van der Waals surface area contributed by atoms with Crippen molar-refractivity contribution in [3.05, 3.63) is 76.8 Å². The summed E-state index contributed by atoms with van der Waals surface area (Å²) in [6.07, 6.45) is 0.991. The van der Waals surface area contributed by atoms with Crippen molar-refractivity contribution >= 4 is 23.6 Å². The van der Waals surface area contributed by atoms with E-state index >= 15 is 0 Å². The van der Waals surface area contributed by atoms with E-state index in [1.807, 2.05) is 54.6 Å². The Labute approximate surface area is 169 Å². The van der Waals surface area contributed by atoms with Crippen molar-refractivity contribution in [3.63, 3.8) is 0 Å². The maximum atomic E-state index is 11.7. The van der Waals surface area contributed by atoms with E-state index in [9.17, 15) is 4.79 Å². The van der Waals surface area contributed by atoms with Crippen LogP contribution in [0, 0.1) is 0 Å². The SMILES string of the molecule is CC(C)(C)c1csc(-c2ccc(/C=N\NC(=O)OCc3ccccc3)cc2)n1. The predicted octanol–water partition coefficient (Wildman–Crippen LogP) is 5.37. The van der Waals surface area contributed by atoms with Crippen molar-refractivity contribution in [1.29, 1.82) is 0 Å². The first kappa shape index (κ1) is 19.8. The first-order valence-electron chi connectivity index (χ1n) is 8.98. The number of benzene rings is 2. The topological polar surface area (TPSA) is 63.6 Å². The summed E-state index contributed by atoms with van der Waals surface area (Å²) < 4.78 is 5.10. The molecule has 1 heterocycles. The van der Waals surface area contributed by atoms with Gasteiger partial charge in [0.05, 0.1) is 11.9 Å². The average Bonchev–Trinajstić information content (AvgIpc) is 3.18. The van der Waals surface area contributed by atoms with Gasteiger partial charge in [-0.1, -0.05) is 75.4 Å². The molecular formula is C22H23N3O2S. The van der Waals surface area contributed by atoms with E-state index < -0.39 is 6.09 Å². The van der Waals surface area contributed by atoms with Gasteiger partial charge in [-0.2, -0.15) is 5.10 Å². The van der Waals surface area contributed by atoms with Gasteiger partial charge < -0.3 is 4.74 Å². The number of aromatic nitrogens is 1. The molecule has 0 bridgehead atoms. The summed E-state index contributed by atoms with van der Waals surface area (Å²) in [4.78, 5) is 16.4. The van der Waals surface area contributed by atoms with E-state index in [1.54, 1.807) is 17.6 Å². The molecule has 0 aliphatic rings. The fraction of sp³-hybridized carbons (Fsp3) is 0.227. The van der Waals surface area contributed by atoms with Crippen LogP contribution in [0.1, 0.15) is 37.6 Å². The van der Waals surface area contributed by atoms with Crippen LogP contribution in [0.4, 0.5) is 4.79 Å². The maximum Gasteiger partial charge on any atom is 0.428 e. The summed E-state index contributed by atoms with van der Waals surface area (Å²) in [6.45, 7) is 6.68. The number of nitrogens with zero attached hydrogens (tertiary/aromatic N) is 2. The third-order valence-corrected chi connectivity index (χ3v) is 4.90. The third kappa shape index (κ3) is 5.50. The van der Waals surface area contributed by atoms with Crippen molar-refractivity contribution in [3.8, 4) is 10.6 Å². The zero-order chi connectivity index (χ0) is 20.0. The van der Waals surface area contributed by atoms with Crippen molar-refractivity contribution < 1.29 is 9.53 Å². The van der Waals surface area contributed by atoms with Gasteiger partial charge in [0.15, 0.2) is 0 Å². The molecule has 0 aliphatic heterocycles. The van der Waals surface area contributed by atoms with Crippen molar-refractivity contribution in [2.45, 2.75) is 32.8 Å². The Bertz CT molecular complexity index is 942. The van der Waals surface area contributed by atoms with Gasteiger partial charge in [0.1, 0.15) is 11.6 Å². The van der Waals surface area contributed by atoms with Gasteiger partial charge in [0.2, 0.25) is 0 Å². The second kappa shape index (κ2) is 8.80. The van der Waals surface area contributed by atoms with E-state index in [0.29, 0.717) is 0 Å². The lowest BCUT2D eigenvalue weighted by molar-refractivity contribution is 0.140. The molecule has 0 spiro atoms. The summed E-state index contributed by atoms with van der Waals surface area (Å²) in [6, 6.07) is 17.4. The van der Waals surface area contributed by atoms with Crippen LogP contribution in [0.15, 0.2) is 65.1 Å². The van der Waals surface area contributed by atoms with E-state index in [2.05, 4.69) is 36.7 Å². The van der Waals surface area contributed by atoms with Crippen LogP contribution < -0.4 is 5.43 Å². The molecule has 144 valence electrons. The normalized spacial score (nSPS) is 11.5. The number of thiazole rings is 1. The molecule has 5 nitrogen and oxygen atoms in total. The fourth-order valence-corrected chi connectivity index (χ4v) is 3.43. The molecule has 3 aromatic rings. The molecule has 0 saturated carbocycles. The highest BCUT2D eigenvalue weighted by atomic mass is 32.1. The number of hydrogen-bond donors (Lipinski definition) is 1. The number of carbonyl (C=O) groups is 1. The van der Waals surface area contributed by atoms with E-state index in [-0.39, 0.29) is 12.0 Å². The molecule has 0 saturated heterocycles. The van der Waals surface area contributed by atoms with Gasteiger partial charge in [-0.15, -0.1) is 11.3 Å². The number of hydrogen-bond acceptors (Lipinski definition) is 5. The standard InChI is InChI=1S/C22H23N3O2S/c1-22(2,3)19-15-28-20(24-19)18-11-9-16(10-12-18)13-23-25-21(26)27-14-17-7-5-4-6-8-17/h4-13,15H,14H2,1-3H3,(H,25,26)/b23-13-. The lowest BCUT2D eigenvalue weighted by atomic mass is 9.93. The number of carbonyl (C=O) groups excluding carboxylic acids is 1. The number of rotatable bonds is 5. The Hall–Kier alpha value is -2.99. The molecule has 0 radical (unpaired) electrons. The quantitative estimate of drug-likeness (QED) is 0.468. The molecule has 0 fully saturated rings. The minimum absolute atomic E-state index is 0.0438. The van der Waals surface area contributed by atoms with Crippen LogP contribution in [-0.4, -0.2) is 17.3 Å². The van der Waals surface area contributed by atoms with E-state index in [0.717, 1.165) is 27.4 Å². The molecule has 1 aromatic heterocycles. The van der Waals surface area contributed by atoms with Crippen LogP contribution in [0.5, 0.6) is 0 Å². The summed E-state index contributed by atoms with van der Waals surface area (Å²) in [7, 11) is 0. The largest absolute Gasteiger partial charge is 0.443 e. The summed E-state index contributed by atoms with van der Waals surface area (Å²) in [5.41, 5.74) is 6.37. The summed E-state index contributed by atoms with van der Waals surface area (Å²) in [5, 5.41) is 7.03. The summed E-state index contributed by atoms with van der Waals surface area (Å²) in [5.74, 6) is 0. The summed E-state index contributed by atoms with van der Waals surface area (Å²) >= 11 is 1.64. The van der Waals surface area contributed by atoms with Crippen molar-refractivity contribution in [2.24, 2.45) is 5.10 Å². The molecule has 1 amide bonds. The lowest BCUT2D eigenvalue weighted by Crippen LogP contribution is -2.18. The van der Waals surface area contributed by atoms with Crippen LogP contribution in [-0.2, 0) is 16.8 Å². The molecule has 28 heavy (non-hydrogen) atoms. The van der Waals surface area contributed by atoms with Crippen molar-refractivity contribution in [2.75, 3.05) is 0 Å². The van der Waals surface area contributed by atoms with Crippen LogP contribution >= 0.6 is 11.3 Å². The van der Waals surface area contributed by atoms with Gasteiger partial charge in [-0.3, -0.25) is 0 Å². The number of amides is 1. The van der Waals surface area contributed by atoms with Gasteiger partial charge in [0.25, 0.3) is 0 Å². The Balaban J connectivity index is 1.52. The average molecular weight is 394 g/mol. The molecule has 0 unspecified atom stereocenters. The second-order valence-corrected chi connectivity index (χ2v) is 8.20. The predicted molar refractivity (Wildman–Crippen MR) is 114 cm³/mol. The zero-order valence-electron chi connectivity index (χ0n) is 16.2. The van der Waals surface area contributed by atoms with Gasteiger partial charge in [-0.05, 0) is 11.1 Å². The fourth-order valence-electron chi connectivity index (χ4n) is 2.38. The van der Waals surface area contributed by atoms with Crippen molar-refractivity contribution in [1.82, 2.24) is 10.4 Å². The minimum Gasteiger partial charge on any atom is -0.443 e. The third-order valence-electron chi connectivity index (χ3n) is 4.01. The second-order valence-electron chi connectivity index (χ2n) is 7.34. The Morgan fingerprint density at radius 2 is 1.86 bits per heavy atom. The number of hydrazone groups is 1. The highest BCUT2D eigenvalue weighted by molar-refractivity contribution is 7.13. The first-order valence-corrected chi connectivity index (χ1v) is 9.86. The van der Waals surface area contributed by atoms with Gasteiger partial charge in [-0.25, -0.2) is 15.2 Å². The van der Waals surface area contributed by atoms with Gasteiger partial charge >= 0.3 is 6.09 Å². The van der Waals surface area contributed by atoms with Crippen LogP contribution in [0.2, 0.25) is 0 Å². The van der Waals surface area contributed by atoms with E-state index in [4.69, 9.17) is 9.72 Å². The highest BCUT2D eigenvalue weighted by Gasteiger charge is 2.17. The number of ether oxygens (including phenoxy) is 1. The first-order chi connectivity index (χ1) is 13.4. The molecule has 3 rings (SSSR count). The molecule has 2 aromatic carbocycles. The monoisotopic (exact) mass is 393 g/mol. The van der Waals surface area contributed by atoms with Crippen LogP contribution in [0.3, 0.4) is 0 Å². The Morgan fingerprint density at radius 3 is 2.50 bits per heavy atom. The lowest BCUT2D eigenvalue weighted by Gasteiger charge is -2.14. The molecule has 0 atom stereocenters. The Morgan fingerprint density at radius 1 is 1.14 bits per heavy atom. The maximum absolute atomic E-state index is 11.7.